The molecule has 2 heterocycles. The number of piperidine rings is 1. The van der Waals surface area contributed by atoms with Crippen LogP contribution in [0, 0.1) is 10.8 Å². The molecule has 0 aliphatic carbocycles. The third kappa shape index (κ3) is 4.54. The normalized spacial score (nSPS) is 18.0. The number of amides is 1. The number of rotatable bonds is 5. The van der Waals surface area contributed by atoms with Crippen molar-refractivity contribution in [3.63, 3.8) is 0 Å². The Bertz CT molecular complexity index is 534. The minimum Gasteiger partial charge on any atom is -0.384 e. The van der Waals surface area contributed by atoms with Gasteiger partial charge in [0.15, 0.2) is 0 Å². The van der Waals surface area contributed by atoms with Gasteiger partial charge in [0.25, 0.3) is 0 Å². The Balaban J connectivity index is 2.12. The molecule has 1 aliphatic heterocycles. The van der Waals surface area contributed by atoms with Crippen LogP contribution in [-0.2, 0) is 23.0 Å². The number of nitrogens with zero attached hydrogens (tertiary/aromatic N) is 2. The number of aryl methyl sites for hydroxylation is 1. The Morgan fingerprint density at radius 2 is 2.09 bits per heavy atom. The summed E-state index contributed by atoms with van der Waals surface area (Å²) in [6.45, 7) is 8.69. The molecule has 130 valence electrons. The summed E-state index contributed by atoms with van der Waals surface area (Å²) in [5.41, 5.74) is 0.720. The van der Waals surface area contributed by atoms with E-state index in [0.29, 0.717) is 6.61 Å². The standard InChI is InChI=1S/C17H30N4O2/c1-16(2,3)11-13-10-14(21(4)20-13)19-15(22)17(12-23-5)6-8-18-9-7-17/h10,18H,6-9,11-12H2,1-5H3,(H,19,22). The smallest absolute Gasteiger partial charge is 0.234 e. The molecule has 2 rings (SSSR count). The Kier molecular flexibility index (Phi) is 5.47. The lowest BCUT2D eigenvalue weighted by Crippen LogP contribution is -2.47. The Morgan fingerprint density at radius 1 is 1.43 bits per heavy atom. The van der Waals surface area contributed by atoms with E-state index in [0.717, 1.165) is 43.9 Å². The predicted octanol–water partition coefficient (Wildman–Crippen LogP) is 1.96. The molecule has 0 radical (unpaired) electrons. The topological polar surface area (TPSA) is 68.2 Å². The fraction of sp³-hybridized carbons (Fsp3) is 0.765. The zero-order valence-electron chi connectivity index (χ0n) is 15.0. The highest BCUT2D eigenvalue weighted by Gasteiger charge is 2.40. The zero-order valence-corrected chi connectivity index (χ0v) is 15.0. The van der Waals surface area contributed by atoms with Crippen molar-refractivity contribution in [3.8, 4) is 0 Å². The second-order valence-corrected chi connectivity index (χ2v) is 7.80. The number of aromatic nitrogens is 2. The summed E-state index contributed by atoms with van der Waals surface area (Å²) >= 11 is 0. The van der Waals surface area contributed by atoms with Crippen LogP contribution < -0.4 is 10.6 Å². The van der Waals surface area contributed by atoms with E-state index in [2.05, 4.69) is 36.5 Å². The van der Waals surface area contributed by atoms with Gasteiger partial charge < -0.3 is 15.4 Å². The lowest BCUT2D eigenvalue weighted by Gasteiger charge is -2.35. The van der Waals surface area contributed by atoms with Gasteiger partial charge in [-0.2, -0.15) is 5.10 Å². The first kappa shape index (κ1) is 17.9. The number of anilines is 1. The van der Waals surface area contributed by atoms with Crippen molar-refractivity contribution in [1.82, 2.24) is 15.1 Å². The van der Waals surface area contributed by atoms with Crippen LogP contribution in [-0.4, -0.2) is 42.5 Å². The maximum absolute atomic E-state index is 12.9. The molecule has 1 aromatic heterocycles. The van der Waals surface area contributed by atoms with Gasteiger partial charge in [0.1, 0.15) is 5.82 Å². The van der Waals surface area contributed by atoms with Crippen LogP contribution in [0.2, 0.25) is 0 Å². The summed E-state index contributed by atoms with van der Waals surface area (Å²) in [7, 11) is 3.52. The number of nitrogens with one attached hydrogen (secondary N) is 2. The van der Waals surface area contributed by atoms with E-state index in [9.17, 15) is 4.79 Å². The van der Waals surface area contributed by atoms with Crippen LogP contribution in [0.15, 0.2) is 6.07 Å². The van der Waals surface area contributed by atoms with Gasteiger partial charge in [-0.15, -0.1) is 0 Å². The van der Waals surface area contributed by atoms with Crippen molar-refractivity contribution in [2.75, 3.05) is 32.1 Å². The molecule has 0 aromatic carbocycles. The Hall–Kier alpha value is -1.40. The van der Waals surface area contributed by atoms with Gasteiger partial charge in [0.05, 0.1) is 17.7 Å². The molecule has 6 nitrogen and oxygen atoms in total. The lowest BCUT2D eigenvalue weighted by molar-refractivity contribution is -0.130. The average molecular weight is 322 g/mol. The van der Waals surface area contributed by atoms with Gasteiger partial charge in [-0.05, 0) is 37.8 Å². The van der Waals surface area contributed by atoms with E-state index in [1.165, 1.54) is 0 Å². The highest BCUT2D eigenvalue weighted by atomic mass is 16.5. The van der Waals surface area contributed by atoms with Crippen LogP contribution in [0.4, 0.5) is 5.82 Å². The number of carbonyl (C=O) groups is 1. The van der Waals surface area contributed by atoms with Crippen molar-refractivity contribution < 1.29 is 9.53 Å². The maximum Gasteiger partial charge on any atom is 0.234 e. The molecular weight excluding hydrogens is 292 g/mol. The third-order valence-electron chi connectivity index (χ3n) is 4.35. The van der Waals surface area contributed by atoms with Crippen molar-refractivity contribution in [3.05, 3.63) is 11.8 Å². The van der Waals surface area contributed by atoms with Crippen LogP contribution in [0.1, 0.15) is 39.3 Å². The monoisotopic (exact) mass is 322 g/mol. The number of hydrogen-bond donors (Lipinski definition) is 2. The minimum absolute atomic E-state index is 0.0335. The van der Waals surface area contributed by atoms with Gasteiger partial charge in [-0.1, -0.05) is 20.8 Å². The third-order valence-corrected chi connectivity index (χ3v) is 4.35. The van der Waals surface area contributed by atoms with E-state index in [-0.39, 0.29) is 11.3 Å². The summed E-state index contributed by atoms with van der Waals surface area (Å²) in [6.07, 6.45) is 2.46. The highest BCUT2D eigenvalue weighted by molar-refractivity contribution is 5.95. The maximum atomic E-state index is 12.9. The summed E-state index contributed by atoms with van der Waals surface area (Å²) in [6, 6.07) is 1.98. The Morgan fingerprint density at radius 3 is 2.65 bits per heavy atom. The van der Waals surface area contributed by atoms with Gasteiger partial charge in [0.2, 0.25) is 5.91 Å². The van der Waals surface area contributed by atoms with E-state index in [4.69, 9.17) is 4.74 Å². The van der Waals surface area contributed by atoms with Crippen molar-refractivity contribution in [2.24, 2.45) is 17.9 Å². The molecule has 0 saturated carbocycles. The second kappa shape index (κ2) is 7.01. The van der Waals surface area contributed by atoms with Gasteiger partial charge >= 0.3 is 0 Å². The Labute approximate surface area is 139 Å². The first-order valence-corrected chi connectivity index (χ1v) is 8.30. The van der Waals surface area contributed by atoms with Gasteiger partial charge in [0, 0.05) is 20.2 Å². The number of hydrogen-bond acceptors (Lipinski definition) is 4. The molecule has 1 saturated heterocycles. The minimum atomic E-state index is -0.450. The van der Waals surface area contributed by atoms with Gasteiger partial charge in [-0.25, -0.2) is 0 Å². The van der Waals surface area contributed by atoms with E-state index in [1.807, 2.05) is 13.1 Å². The molecule has 0 unspecified atom stereocenters. The van der Waals surface area contributed by atoms with E-state index < -0.39 is 5.41 Å². The fourth-order valence-electron chi connectivity index (χ4n) is 3.14. The lowest BCUT2D eigenvalue weighted by atomic mass is 9.78. The predicted molar refractivity (Wildman–Crippen MR) is 91.4 cm³/mol. The number of methoxy groups -OCH3 is 1. The molecule has 1 aliphatic rings. The summed E-state index contributed by atoms with van der Waals surface area (Å²) in [4.78, 5) is 12.9. The molecule has 23 heavy (non-hydrogen) atoms. The van der Waals surface area contributed by atoms with Crippen molar-refractivity contribution in [2.45, 2.75) is 40.0 Å². The first-order valence-electron chi connectivity index (χ1n) is 8.30. The molecular formula is C17H30N4O2. The summed E-state index contributed by atoms with van der Waals surface area (Å²) in [5, 5.41) is 10.9. The van der Waals surface area contributed by atoms with Crippen LogP contribution >= 0.6 is 0 Å². The number of ether oxygens (including phenoxy) is 1. The first-order chi connectivity index (χ1) is 10.8. The second-order valence-electron chi connectivity index (χ2n) is 7.80. The molecule has 2 N–H and O–H groups in total. The van der Waals surface area contributed by atoms with Crippen LogP contribution in [0.25, 0.3) is 0 Å². The van der Waals surface area contributed by atoms with E-state index >= 15 is 0 Å². The fourth-order valence-corrected chi connectivity index (χ4v) is 3.14. The van der Waals surface area contributed by atoms with E-state index in [1.54, 1.807) is 11.8 Å². The highest BCUT2D eigenvalue weighted by Crippen LogP contribution is 2.31. The zero-order chi connectivity index (χ0) is 17.1. The van der Waals surface area contributed by atoms with Crippen LogP contribution in [0.5, 0.6) is 0 Å². The van der Waals surface area contributed by atoms with Crippen molar-refractivity contribution >= 4 is 11.7 Å². The average Bonchev–Trinajstić information content (AvgIpc) is 2.77. The van der Waals surface area contributed by atoms with Crippen LogP contribution in [0.3, 0.4) is 0 Å². The number of carbonyl (C=O) groups excluding carboxylic acids is 1. The molecule has 0 atom stereocenters. The molecule has 1 amide bonds. The molecule has 0 spiro atoms. The van der Waals surface area contributed by atoms with Crippen molar-refractivity contribution in [1.29, 1.82) is 0 Å². The largest absolute Gasteiger partial charge is 0.384 e. The summed E-state index contributed by atoms with van der Waals surface area (Å²) < 4.78 is 7.08. The molecule has 1 fully saturated rings. The molecule has 6 heteroatoms. The molecule has 1 aromatic rings. The summed E-state index contributed by atoms with van der Waals surface area (Å²) in [5.74, 6) is 0.786. The molecule has 0 bridgehead atoms. The SMILES string of the molecule is COCC1(C(=O)Nc2cc(CC(C)(C)C)nn2C)CCNCC1. The van der Waals surface area contributed by atoms with Gasteiger partial charge in [-0.3, -0.25) is 9.48 Å². The quantitative estimate of drug-likeness (QED) is 0.869.